The molecule has 0 bridgehead atoms. The molecule has 5 nitrogen and oxygen atoms in total. The highest BCUT2D eigenvalue weighted by atomic mass is 32.2. The first-order valence-corrected chi connectivity index (χ1v) is 9.21. The summed E-state index contributed by atoms with van der Waals surface area (Å²) in [5.74, 6) is 0. The maximum Gasteiger partial charge on any atom is 0.242 e. The lowest BCUT2D eigenvalue weighted by Crippen LogP contribution is -2.46. The van der Waals surface area contributed by atoms with Gasteiger partial charge < -0.3 is 10.3 Å². The molecule has 0 unspecified atom stereocenters. The van der Waals surface area contributed by atoms with E-state index in [0.29, 0.717) is 17.5 Å². The van der Waals surface area contributed by atoms with Crippen molar-refractivity contribution in [2.24, 2.45) is 0 Å². The molecule has 0 atom stereocenters. The van der Waals surface area contributed by atoms with Crippen LogP contribution in [-0.2, 0) is 16.6 Å². The highest BCUT2D eigenvalue weighted by Gasteiger charge is 2.30. The van der Waals surface area contributed by atoms with E-state index < -0.39 is 10.0 Å². The van der Waals surface area contributed by atoms with Gasteiger partial charge in [0.1, 0.15) is 0 Å². The van der Waals surface area contributed by atoms with Crippen LogP contribution < -0.4 is 10.0 Å². The summed E-state index contributed by atoms with van der Waals surface area (Å²) in [6.07, 6.45) is 3.91. The lowest BCUT2D eigenvalue weighted by Gasteiger charge is -2.31. The fraction of sp³-hybridized carbons (Fsp3) is 0.733. The van der Waals surface area contributed by atoms with Crippen LogP contribution in [0.5, 0.6) is 0 Å². The Morgan fingerprint density at radius 1 is 1.19 bits per heavy atom. The van der Waals surface area contributed by atoms with Gasteiger partial charge in [-0.15, -0.1) is 0 Å². The second-order valence-corrected chi connectivity index (χ2v) is 7.53. The quantitative estimate of drug-likeness (QED) is 0.656. The Kier molecular flexibility index (Phi) is 6.43. The third kappa shape index (κ3) is 4.83. The van der Waals surface area contributed by atoms with E-state index in [1.165, 1.54) is 0 Å². The fourth-order valence-corrected chi connectivity index (χ4v) is 3.93. The zero-order valence-corrected chi connectivity index (χ0v) is 14.6. The average molecular weight is 315 g/mol. The predicted octanol–water partition coefficient (Wildman–Crippen LogP) is 2.76. The topological polar surface area (TPSA) is 74.0 Å². The van der Waals surface area contributed by atoms with Gasteiger partial charge in [-0.2, -0.15) is 0 Å². The number of aromatic amines is 1. The van der Waals surface area contributed by atoms with Crippen LogP contribution in [0.25, 0.3) is 0 Å². The molecule has 6 heteroatoms. The van der Waals surface area contributed by atoms with E-state index in [1.54, 1.807) is 12.3 Å². The Balaban J connectivity index is 2.88. The molecule has 1 heterocycles. The highest BCUT2D eigenvalue weighted by molar-refractivity contribution is 7.89. The lowest BCUT2D eigenvalue weighted by molar-refractivity contribution is 0.341. The Bertz CT molecular complexity index is 523. The van der Waals surface area contributed by atoms with Gasteiger partial charge in [0, 0.05) is 30.0 Å². The molecule has 0 aliphatic rings. The van der Waals surface area contributed by atoms with Crippen LogP contribution in [0.15, 0.2) is 17.2 Å². The van der Waals surface area contributed by atoms with Crippen molar-refractivity contribution in [1.82, 2.24) is 15.0 Å². The molecule has 0 aliphatic carbocycles. The van der Waals surface area contributed by atoms with Crippen LogP contribution in [0.2, 0.25) is 0 Å². The van der Waals surface area contributed by atoms with Crippen molar-refractivity contribution in [3.8, 4) is 0 Å². The summed E-state index contributed by atoms with van der Waals surface area (Å²) in [4.78, 5) is 3.33. The normalized spacial score (nSPS) is 13.0. The first kappa shape index (κ1) is 18.2. The fourth-order valence-electron chi connectivity index (χ4n) is 2.30. The predicted molar refractivity (Wildman–Crippen MR) is 86.7 cm³/mol. The van der Waals surface area contributed by atoms with Crippen LogP contribution in [0.1, 0.15) is 59.6 Å². The maximum atomic E-state index is 12.5. The Morgan fingerprint density at radius 3 is 2.24 bits per heavy atom. The van der Waals surface area contributed by atoms with E-state index in [0.717, 1.165) is 25.0 Å². The summed E-state index contributed by atoms with van der Waals surface area (Å²) < 4.78 is 27.9. The van der Waals surface area contributed by atoms with Crippen molar-refractivity contribution in [2.75, 3.05) is 0 Å². The number of sulfonamides is 1. The van der Waals surface area contributed by atoms with Gasteiger partial charge in [0.05, 0.1) is 4.90 Å². The number of aromatic nitrogens is 1. The van der Waals surface area contributed by atoms with E-state index in [4.69, 9.17) is 0 Å². The molecule has 1 aromatic heterocycles. The SMILES string of the molecule is CCC(CC)(CC)NS(=O)(=O)c1c[nH]c(CNC(C)C)c1. The summed E-state index contributed by atoms with van der Waals surface area (Å²) in [6.45, 7) is 10.8. The van der Waals surface area contributed by atoms with Gasteiger partial charge >= 0.3 is 0 Å². The number of rotatable bonds is 9. The summed E-state index contributed by atoms with van der Waals surface area (Å²) >= 11 is 0. The monoisotopic (exact) mass is 315 g/mol. The molecule has 0 amide bonds. The van der Waals surface area contributed by atoms with Gasteiger partial charge in [0.15, 0.2) is 0 Å². The molecule has 0 fully saturated rings. The average Bonchev–Trinajstić information content (AvgIpc) is 2.92. The van der Waals surface area contributed by atoms with Gasteiger partial charge in [-0.25, -0.2) is 13.1 Å². The molecule has 0 radical (unpaired) electrons. The third-order valence-electron chi connectivity index (χ3n) is 4.11. The first-order chi connectivity index (χ1) is 9.78. The van der Waals surface area contributed by atoms with Crippen molar-refractivity contribution in [1.29, 1.82) is 0 Å². The summed E-state index contributed by atoms with van der Waals surface area (Å²) in [5, 5.41) is 3.26. The molecular weight excluding hydrogens is 286 g/mol. The van der Waals surface area contributed by atoms with E-state index in [9.17, 15) is 8.42 Å². The van der Waals surface area contributed by atoms with E-state index in [2.05, 4.69) is 28.9 Å². The lowest BCUT2D eigenvalue weighted by atomic mass is 9.91. The van der Waals surface area contributed by atoms with Crippen LogP contribution in [0.4, 0.5) is 0 Å². The van der Waals surface area contributed by atoms with Crippen molar-refractivity contribution in [3.63, 3.8) is 0 Å². The molecule has 1 rings (SSSR count). The molecule has 3 N–H and O–H groups in total. The van der Waals surface area contributed by atoms with Gasteiger partial charge in [-0.1, -0.05) is 34.6 Å². The van der Waals surface area contributed by atoms with Crippen LogP contribution in [0, 0.1) is 0 Å². The summed E-state index contributed by atoms with van der Waals surface area (Å²) in [7, 11) is -3.48. The largest absolute Gasteiger partial charge is 0.363 e. The number of hydrogen-bond donors (Lipinski definition) is 3. The maximum absolute atomic E-state index is 12.5. The molecule has 0 aliphatic heterocycles. The van der Waals surface area contributed by atoms with E-state index in [-0.39, 0.29) is 5.54 Å². The minimum atomic E-state index is -3.48. The van der Waals surface area contributed by atoms with E-state index >= 15 is 0 Å². The van der Waals surface area contributed by atoms with Crippen molar-refractivity contribution in [2.45, 2.75) is 76.9 Å². The van der Waals surface area contributed by atoms with E-state index in [1.807, 2.05) is 20.8 Å². The zero-order chi connectivity index (χ0) is 16.1. The van der Waals surface area contributed by atoms with Gasteiger partial charge in [-0.3, -0.25) is 0 Å². The molecule has 0 saturated heterocycles. The molecule has 0 saturated carbocycles. The second kappa shape index (κ2) is 7.42. The molecule has 1 aromatic rings. The first-order valence-electron chi connectivity index (χ1n) is 7.73. The minimum Gasteiger partial charge on any atom is -0.363 e. The van der Waals surface area contributed by atoms with Gasteiger partial charge in [0.2, 0.25) is 10.0 Å². The Morgan fingerprint density at radius 2 is 1.76 bits per heavy atom. The summed E-state index contributed by atoms with van der Waals surface area (Å²) in [5.41, 5.74) is 0.520. The van der Waals surface area contributed by atoms with Crippen LogP contribution in [-0.4, -0.2) is 25.0 Å². The van der Waals surface area contributed by atoms with Crippen LogP contribution >= 0.6 is 0 Å². The van der Waals surface area contributed by atoms with Gasteiger partial charge in [0.25, 0.3) is 0 Å². The molecule has 21 heavy (non-hydrogen) atoms. The van der Waals surface area contributed by atoms with Crippen molar-refractivity contribution >= 4 is 10.0 Å². The molecule has 0 aromatic carbocycles. The molecule has 0 spiro atoms. The standard InChI is InChI=1S/C15H29N3O2S/c1-6-15(7-2,8-3)18-21(19,20)14-9-13(17-11-14)10-16-12(4)5/h9,11-12,16-18H,6-8,10H2,1-5H3. The second-order valence-electron chi connectivity index (χ2n) is 5.84. The molecule has 122 valence electrons. The minimum absolute atomic E-state index is 0.308. The van der Waals surface area contributed by atoms with Gasteiger partial charge in [-0.05, 0) is 25.3 Å². The smallest absolute Gasteiger partial charge is 0.242 e. The molecular formula is C15H29N3O2S. The zero-order valence-electron chi connectivity index (χ0n) is 13.8. The van der Waals surface area contributed by atoms with Crippen molar-refractivity contribution in [3.05, 3.63) is 18.0 Å². The summed E-state index contributed by atoms with van der Waals surface area (Å²) in [6, 6.07) is 2.06. The number of H-pyrrole nitrogens is 1. The number of hydrogen-bond acceptors (Lipinski definition) is 3. The van der Waals surface area contributed by atoms with Crippen molar-refractivity contribution < 1.29 is 8.42 Å². The Labute approximate surface area is 129 Å². The highest BCUT2D eigenvalue weighted by Crippen LogP contribution is 2.23. The number of nitrogens with one attached hydrogen (secondary N) is 3. The third-order valence-corrected chi connectivity index (χ3v) is 5.67. The van der Waals surface area contributed by atoms with Crippen LogP contribution in [0.3, 0.4) is 0 Å². The Hall–Kier alpha value is -0.850.